The first kappa shape index (κ1) is 16.1. The predicted molar refractivity (Wildman–Crippen MR) is 84.7 cm³/mol. The predicted octanol–water partition coefficient (Wildman–Crippen LogP) is 2.40. The van der Waals surface area contributed by atoms with Crippen molar-refractivity contribution in [2.24, 2.45) is 5.92 Å². The van der Waals surface area contributed by atoms with E-state index in [0.29, 0.717) is 5.56 Å². The van der Waals surface area contributed by atoms with Crippen LogP contribution in [0.3, 0.4) is 0 Å². The van der Waals surface area contributed by atoms with Crippen molar-refractivity contribution in [3.05, 3.63) is 66.0 Å². The molecule has 1 saturated carbocycles. The Labute approximate surface area is 135 Å². The molecule has 1 atom stereocenters. The highest BCUT2D eigenvalue weighted by Crippen LogP contribution is 2.45. The average molecular weight is 335 g/mol. The van der Waals surface area contributed by atoms with Gasteiger partial charge in [0.05, 0.1) is 4.90 Å². The van der Waals surface area contributed by atoms with Crippen LogP contribution in [-0.2, 0) is 15.6 Å². The highest BCUT2D eigenvalue weighted by atomic mass is 32.2. The highest BCUT2D eigenvalue weighted by molar-refractivity contribution is 7.89. The molecule has 1 unspecified atom stereocenters. The second kappa shape index (κ2) is 6.03. The lowest BCUT2D eigenvalue weighted by atomic mass is 9.89. The van der Waals surface area contributed by atoms with Crippen molar-refractivity contribution in [3.8, 4) is 0 Å². The number of sulfonamides is 1. The molecule has 0 amide bonds. The van der Waals surface area contributed by atoms with Crippen molar-refractivity contribution >= 4 is 10.0 Å². The smallest absolute Gasteiger partial charge is 0.240 e. The second-order valence-corrected chi connectivity index (χ2v) is 7.61. The first-order chi connectivity index (χ1) is 10.9. The van der Waals surface area contributed by atoms with Crippen molar-refractivity contribution in [1.82, 2.24) is 4.72 Å². The third-order valence-corrected chi connectivity index (χ3v) is 5.60. The van der Waals surface area contributed by atoms with Crippen LogP contribution in [0.1, 0.15) is 18.4 Å². The van der Waals surface area contributed by atoms with Gasteiger partial charge in [-0.15, -0.1) is 0 Å². The maximum atomic E-state index is 12.9. The van der Waals surface area contributed by atoms with Gasteiger partial charge in [0, 0.05) is 6.54 Å². The van der Waals surface area contributed by atoms with Crippen molar-refractivity contribution in [3.63, 3.8) is 0 Å². The van der Waals surface area contributed by atoms with Crippen LogP contribution in [0.2, 0.25) is 0 Å². The standard InChI is InChI=1S/C17H18FNO3S/c18-15-8-10-16(11-9-15)23(21,22)19-12-17(20,14-6-7-14)13-4-2-1-3-5-13/h1-5,8-11,14,19-20H,6-7,12H2. The molecule has 1 aliphatic rings. The van der Waals surface area contributed by atoms with Crippen molar-refractivity contribution in [2.75, 3.05) is 6.54 Å². The van der Waals surface area contributed by atoms with Gasteiger partial charge in [0.1, 0.15) is 11.4 Å². The van der Waals surface area contributed by atoms with Crippen molar-refractivity contribution in [1.29, 1.82) is 0 Å². The molecule has 6 heteroatoms. The molecule has 4 nitrogen and oxygen atoms in total. The van der Waals surface area contributed by atoms with Gasteiger partial charge in [0.2, 0.25) is 10.0 Å². The van der Waals surface area contributed by atoms with E-state index in [1.807, 2.05) is 18.2 Å². The van der Waals surface area contributed by atoms with Crippen LogP contribution in [0.15, 0.2) is 59.5 Å². The molecule has 1 aliphatic carbocycles. The minimum absolute atomic E-state index is 0.0230. The number of aliphatic hydroxyl groups is 1. The molecule has 2 N–H and O–H groups in total. The maximum absolute atomic E-state index is 12.9. The Morgan fingerprint density at radius 3 is 2.26 bits per heavy atom. The van der Waals surface area contributed by atoms with Crippen LogP contribution in [0.4, 0.5) is 4.39 Å². The second-order valence-electron chi connectivity index (χ2n) is 5.84. The van der Waals surface area contributed by atoms with Crippen LogP contribution in [0, 0.1) is 11.7 Å². The quantitative estimate of drug-likeness (QED) is 0.852. The number of rotatable bonds is 6. The summed E-state index contributed by atoms with van der Waals surface area (Å²) >= 11 is 0. The van der Waals surface area contributed by atoms with Gasteiger partial charge in [-0.3, -0.25) is 0 Å². The fourth-order valence-electron chi connectivity index (χ4n) is 2.67. The van der Waals surface area contributed by atoms with Gasteiger partial charge >= 0.3 is 0 Å². The Kier molecular flexibility index (Phi) is 4.23. The van der Waals surface area contributed by atoms with Gasteiger partial charge < -0.3 is 5.11 Å². The molecular formula is C17H18FNO3S. The molecule has 3 rings (SSSR count). The van der Waals surface area contributed by atoms with Crippen LogP contribution >= 0.6 is 0 Å². The Bertz CT molecular complexity index is 773. The summed E-state index contributed by atoms with van der Waals surface area (Å²) in [5, 5.41) is 11.0. The topological polar surface area (TPSA) is 66.4 Å². The van der Waals surface area contributed by atoms with E-state index in [4.69, 9.17) is 0 Å². The minimum atomic E-state index is -3.80. The molecule has 0 spiro atoms. The molecule has 2 aromatic carbocycles. The van der Waals surface area contributed by atoms with Crippen LogP contribution in [-0.4, -0.2) is 20.1 Å². The average Bonchev–Trinajstić information content (AvgIpc) is 3.39. The minimum Gasteiger partial charge on any atom is -0.383 e. The third-order valence-electron chi connectivity index (χ3n) is 4.18. The number of nitrogens with one attached hydrogen (secondary N) is 1. The summed E-state index contributed by atoms with van der Waals surface area (Å²) in [6, 6.07) is 13.7. The van der Waals surface area contributed by atoms with E-state index in [1.165, 1.54) is 12.1 Å². The Morgan fingerprint density at radius 1 is 1.09 bits per heavy atom. The largest absolute Gasteiger partial charge is 0.383 e. The van der Waals surface area contributed by atoms with Gasteiger partial charge in [-0.2, -0.15) is 0 Å². The van der Waals surface area contributed by atoms with Crippen molar-refractivity contribution < 1.29 is 17.9 Å². The molecule has 0 saturated heterocycles. The molecule has 1 fully saturated rings. The fourth-order valence-corrected chi connectivity index (χ4v) is 3.74. The summed E-state index contributed by atoms with van der Waals surface area (Å²) in [6.45, 7) is -0.110. The Morgan fingerprint density at radius 2 is 1.70 bits per heavy atom. The highest BCUT2D eigenvalue weighted by Gasteiger charge is 2.45. The molecule has 0 radical (unpaired) electrons. The number of benzene rings is 2. The molecule has 0 heterocycles. The zero-order chi connectivity index (χ0) is 16.5. The molecule has 122 valence electrons. The zero-order valence-corrected chi connectivity index (χ0v) is 13.3. The van der Waals surface area contributed by atoms with E-state index in [0.717, 1.165) is 25.0 Å². The van der Waals surface area contributed by atoms with E-state index >= 15 is 0 Å². The maximum Gasteiger partial charge on any atom is 0.240 e. The Balaban J connectivity index is 1.81. The summed E-state index contributed by atoms with van der Waals surface area (Å²) in [7, 11) is -3.80. The molecule has 0 bridgehead atoms. The third kappa shape index (κ3) is 3.44. The van der Waals surface area contributed by atoms with Gasteiger partial charge in [0.25, 0.3) is 0 Å². The molecule has 23 heavy (non-hydrogen) atoms. The lowest BCUT2D eigenvalue weighted by Gasteiger charge is -2.29. The SMILES string of the molecule is O=S(=O)(NCC(O)(c1ccccc1)C1CC1)c1ccc(F)cc1. The van der Waals surface area contributed by atoms with Crippen LogP contribution in [0.5, 0.6) is 0 Å². The molecule has 2 aromatic rings. The van der Waals surface area contributed by atoms with Gasteiger partial charge in [-0.05, 0) is 48.6 Å². The molecule has 0 aromatic heterocycles. The lowest BCUT2D eigenvalue weighted by molar-refractivity contribution is 0.0185. The van der Waals surface area contributed by atoms with Gasteiger partial charge in [-0.25, -0.2) is 17.5 Å². The summed E-state index contributed by atoms with van der Waals surface area (Å²) in [5.74, 6) is -0.455. The first-order valence-electron chi connectivity index (χ1n) is 7.45. The van der Waals surface area contributed by atoms with E-state index in [-0.39, 0.29) is 17.4 Å². The summed E-state index contributed by atoms with van der Waals surface area (Å²) < 4.78 is 40.0. The number of hydrogen-bond acceptors (Lipinski definition) is 3. The summed E-state index contributed by atoms with van der Waals surface area (Å²) in [5.41, 5.74) is -0.529. The van der Waals surface area contributed by atoms with Crippen molar-refractivity contribution in [2.45, 2.75) is 23.3 Å². The Hall–Kier alpha value is -1.76. The summed E-state index contributed by atoms with van der Waals surface area (Å²) in [4.78, 5) is -0.0230. The van der Waals surface area contributed by atoms with E-state index < -0.39 is 21.4 Å². The molecule has 0 aliphatic heterocycles. The van der Waals surface area contributed by atoms with Gasteiger partial charge in [-0.1, -0.05) is 30.3 Å². The van der Waals surface area contributed by atoms with Crippen LogP contribution in [0.25, 0.3) is 0 Å². The summed E-state index contributed by atoms with van der Waals surface area (Å²) in [6.07, 6.45) is 1.73. The first-order valence-corrected chi connectivity index (χ1v) is 8.93. The van der Waals surface area contributed by atoms with Crippen LogP contribution < -0.4 is 4.72 Å². The van der Waals surface area contributed by atoms with E-state index in [9.17, 15) is 17.9 Å². The van der Waals surface area contributed by atoms with E-state index in [2.05, 4.69) is 4.72 Å². The zero-order valence-electron chi connectivity index (χ0n) is 12.4. The number of halogens is 1. The van der Waals surface area contributed by atoms with E-state index in [1.54, 1.807) is 12.1 Å². The number of hydrogen-bond donors (Lipinski definition) is 2. The van der Waals surface area contributed by atoms with Gasteiger partial charge in [0.15, 0.2) is 0 Å². The lowest BCUT2D eigenvalue weighted by Crippen LogP contribution is -2.42. The fraction of sp³-hybridized carbons (Fsp3) is 0.294. The monoisotopic (exact) mass is 335 g/mol. The molecular weight excluding hydrogens is 317 g/mol. The normalized spacial score (nSPS) is 17.7.